The van der Waals surface area contributed by atoms with Crippen LogP contribution < -0.4 is 10.9 Å². The van der Waals surface area contributed by atoms with E-state index in [0.29, 0.717) is 66.2 Å². The standard InChI is InChI=1S/C25H36O8S2/c1-24(2,18-14-32-16-20(26)22(18)28)8-5-10-34(30)12-7-13-35(31)11-6-9-25(3,4)19-15-33-17-21(27)23(19)29/h14-17,26-27H,5-13H2,1-4H3. The molecule has 2 unspecified atom stereocenters. The van der Waals surface area contributed by atoms with Gasteiger partial charge in [0.1, 0.15) is 12.5 Å². The summed E-state index contributed by atoms with van der Waals surface area (Å²) in [7, 11) is -2.08. The van der Waals surface area contributed by atoms with Crippen molar-refractivity contribution in [3.05, 3.63) is 56.6 Å². The Hall–Kier alpha value is -2.20. The Balaban J connectivity index is 1.68. The highest BCUT2D eigenvalue weighted by atomic mass is 32.2. The van der Waals surface area contributed by atoms with Crippen LogP contribution in [0.3, 0.4) is 0 Å². The minimum atomic E-state index is -1.04. The van der Waals surface area contributed by atoms with Crippen molar-refractivity contribution in [2.45, 2.75) is 70.6 Å². The topological polar surface area (TPSA) is 135 Å². The highest BCUT2D eigenvalue weighted by Crippen LogP contribution is 2.28. The molecule has 2 N–H and O–H groups in total. The zero-order valence-corrected chi connectivity index (χ0v) is 22.5. The average Bonchev–Trinajstić information content (AvgIpc) is 2.77. The molecule has 10 heteroatoms. The number of rotatable bonds is 14. The van der Waals surface area contributed by atoms with Gasteiger partial charge in [0.15, 0.2) is 11.5 Å². The third-order valence-electron chi connectivity index (χ3n) is 6.24. The lowest BCUT2D eigenvalue weighted by molar-refractivity contribution is 0.400. The van der Waals surface area contributed by atoms with Crippen molar-refractivity contribution in [2.75, 3.05) is 23.0 Å². The highest BCUT2D eigenvalue weighted by molar-refractivity contribution is 7.85. The van der Waals surface area contributed by atoms with Gasteiger partial charge in [-0.3, -0.25) is 18.0 Å². The minimum absolute atomic E-state index is 0.395. The molecule has 0 bridgehead atoms. The van der Waals surface area contributed by atoms with Crippen LogP contribution in [0.25, 0.3) is 0 Å². The molecule has 196 valence electrons. The van der Waals surface area contributed by atoms with Gasteiger partial charge in [-0.2, -0.15) is 0 Å². The van der Waals surface area contributed by atoms with Crippen LogP contribution in [0.2, 0.25) is 0 Å². The maximum atomic E-state index is 12.4. The summed E-state index contributed by atoms with van der Waals surface area (Å²) in [6, 6.07) is 0. The summed E-state index contributed by atoms with van der Waals surface area (Å²) in [5.41, 5.74) is -1.13. The first-order chi connectivity index (χ1) is 16.3. The van der Waals surface area contributed by atoms with Gasteiger partial charge in [0.2, 0.25) is 10.9 Å². The predicted molar refractivity (Wildman–Crippen MR) is 138 cm³/mol. The maximum Gasteiger partial charge on any atom is 0.230 e. The Labute approximate surface area is 210 Å². The van der Waals surface area contributed by atoms with Crippen LogP contribution in [0.4, 0.5) is 0 Å². The molecule has 0 spiro atoms. The summed E-state index contributed by atoms with van der Waals surface area (Å²) in [5.74, 6) is 1.08. The first-order valence-electron chi connectivity index (χ1n) is 11.6. The molecule has 0 saturated carbocycles. The molecule has 2 atom stereocenters. The monoisotopic (exact) mass is 528 g/mol. The van der Waals surface area contributed by atoms with E-state index in [1.165, 1.54) is 12.5 Å². The van der Waals surface area contributed by atoms with Gasteiger partial charge in [0.05, 0.1) is 12.5 Å². The SMILES string of the molecule is CC(C)(CCCS(=O)CCCS(=O)CCCC(C)(C)c1cocc(O)c1=O)c1cocc(O)c1=O. The lowest BCUT2D eigenvalue weighted by Gasteiger charge is -2.23. The van der Waals surface area contributed by atoms with Gasteiger partial charge < -0.3 is 19.0 Å². The first kappa shape index (κ1) is 29.0. The summed E-state index contributed by atoms with van der Waals surface area (Å²) in [6.45, 7) is 7.55. The quantitative estimate of drug-likeness (QED) is 0.379. The third kappa shape index (κ3) is 8.45. The molecule has 0 saturated heterocycles. The van der Waals surface area contributed by atoms with Crippen LogP contribution in [0.1, 0.15) is 70.9 Å². The molecule has 0 amide bonds. The molecule has 8 nitrogen and oxygen atoms in total. The van der Waals surface area contributed by atoms with Crippen LogP contribution in [-0.2, 0) is 32.4 Å². The summed E-state index contributed by atoms with van der Waals surface area (Å²) in [6.07, 6.45) is 7.86. The van der Waals surface area contributed by atoms with Gasteiger partial charge >= 0.3 is 0 Å². The molecule has 0 radical (unpaired) electrons. The maximum absolute atomic E-state index is 12.4. The fourth-order valence-corrected chi connectivity index (χ4v) is 6.42. The lowest BCUT2D eigenvalue weighted by atomic mass is 9.81. The summed E-state index contributed by atoms with van der Waals surface area (Å²) >= 11 is 0. The fourth-order valence-electron chi connectivity index (χ4n) is 3.96. The predicted octanol–water partition coefficient (Wildman–Crippen LogP) is 3.71. The molecular formula is C25H36O8S2. The van der Waals surface area contributed by atoms with E-state index in [9.17, 15) is 28.2 Å². The number of hydrogen-bond acceptors (Lipinski definition) is 8. The van der Waals surface area contributed by atoms with Crippen molar-refractivity contribution in [3.8, 4) is 11.5 Å². The van der Waals surface area contributed by atoms with E-state index < -0.39 is 54.8 Å². The molecule has 0 aromatic carbocycles. The van der Waals surface area contributed by atoms with Gasteiger partial charge in [-0.1, -0.05) is 27.7 Å². The number of hydrogen-bond donors (Lipinski definition) is 2. The molecule has 2 heterocycles. The van der Waals surface area contributed by atoms with Gasteiger partial charge in [-0.05, 0) is 42.9 Å². The van der Waals surface area contributed by atoms with E-state index in [0.717, 1.165) is 12.5 Å². The Morgan fingerprint density at radius 1 is 0.657 bits per heavy atom. The van der Waals surface area contributed by atoms with Crippen molar-refractivity contribution >= 4 is 21.6 Å². The van der Waals surface area contributed by atoms with E-state index >= 15 is 0 Å². The van der Waals surface area contributed by atoms with Crippen molar-refractivity contribution in [2.24, 2.45) is 0 Å². The van der Waals surface area contributed by atoms with E-state index in [-0.39, 0.29) is 0 Å². The molecule has 2 aromatic rings. The highest BCUT2D eigenvalue weighted by Gasteiger charge is 2.26. The average molecular weight is 529 g/mol. The fraction of sp³-hybridized carbons (Fsp3) is 0.600. The van der Waals surface area contributed by atoms with E-state index in [1.807, 2.05) is 27.7 Å². The van der Waals surface area contributed by atoms with Crippen LogP contribution in [0.15, 0.2) is 43.5 Å². The molecule has 0 fully saturated rings. The third-order valence-corrected chi connectivity index (χ3v) is 9.21. The second kappa shape index (κ2) is 12.7. The Morgan fingerprint density at radius 2 is 1.00 bits per heavy atom. The molecule has 2 rings (SSSR count). The van der Waals surface area contributed by atoms with Crippen molar-refractivity contribution in [1.82, 2.24) is 0 Å². The van der Waals surface area contributed by atoms with Crippen LogP contribution in [0, 0.1) is 0 Å². The molecular weight excluding hydrogens is 492 g/mol. The smallest absolute Gasteiger partial charge is 0.230 e. The number of aromatic hydroxyl groups is 2. The van der Waals surface area contributed by atoms with Crippen molar-refractivity contribution in [1.29, 1.82) is 0 Å². The summed E-state index contributed by atoms with van der Waals surface area (Å²) in [4.78, 5) is 24.2. The Kier molecular flexibility index (Phi) is 10.5. The van der Waals surface area contributed by atoms with Gasteiger partial charge in [-0.15, -0.1) is 0 Å². The molecule has 35 heavy (non-hydrogen) atoms. The second-order valence-corrected chi connectivity index (χ2v) is 13.4. The van der Waals surface area contributed by atoms with Gasteiger partial charge in [0, 0.05) is 55.7 Å². The molecule has 2 aromatic heterocycles. The first-order valence-corrected chi connectivity index (χ1v) is 14.6. The van der Waals surface area contributed by atoms with Crippen LogP contribution in [0.5, 0.6) is 11.5 Å². The Bertz CT molecular complexity index is 1060. The van der Waals surface area contributed by atoms with Crippen molar-refractivity contribution < 1.29 is 27.5 Å². The largest absolute Gasteiger partial charge is 0.502 e. The normalized spacial score (nSPS) is 14.1. The van der Waals surface area contributed by atoms with E-state index in [2.05, 4.69) is 0 Å². The van der Waals surface area contributed by atoms with Crippen molar-refractivity contribution in [3.63, 3.8) is 0 Å². The summed E-state index contributed by atoms with van der Waals surface area (Å²) in [5, 5.41) is 19.2. The molecule has 0 aliphatic carbocycles. The van der Waals surface area contributed by atoms with Gasteiger partial charge in [0.25, 0.3) is 0 Å². The van der Waals surface area contributed by atoms with E-state index in [1.54, 1.807) is 0 Å². The second-order valence-electron chi connectivity index (χ2n) is 10.0. The van der Waals surface area contributed by atoms with Crippen LogP contribution in [-0.4, -0.2) is 41.6 Å². The molecule has 0 aliphatic heterocycles. The zero-order valence-electron chi connectivity index (χ0n) is 20.8. The lowest BCUT2D eigenvalue weighted by Crippen LogP contribution is -2.26. The Morgan fingerprint density at radius 3 is 1.37 bits per heavy atom. The molecule has 0 aliphatic rings. The van der Waals surface area contributed by atoms with E-state index in [4.69, 9.17) is 8.83 Å². The summed E-state index contributed by atoms with van der Waals surface area (Å²) < 4.78 is 34.8. The van der Waals surface area contributed by atoms with Gasteiger partial charge in [-0.25, -0.2) is 0 Å². The minimum Gasteiger partial charge on any atom is -0.502 e. The zero-order chi connectivity index (χ0) is 26.2. The van der Waals surface area contributed by atoms with Crippen LogP contribution >= 0.6 is 0 Å².